The minimum absolute atomic E-state index is 0.296. The van der Waals surface area contributed by atoms with Gasteiger partial charge in [0.2, 0.25) is 5.91 Å². The van der Waals surface area contributed by atoms with Gasteiger partial charge in [0, 0.05) is 18.7 Å². The van der Waals surface area contributed by atoms with E-state index < -0.39 is 5.91 Å². The fraction of sp³-hybridized carbons (Fsp3) is 0.364. The van der Waals surface area contributed by atoms with Gasteiger partial charge in [0.25, 0.3) is 0 Å². The van der Waals surface area contributed by atoms with Crippen molar-refractivity contribution in [2.24, 2.45) is 5.73 Å². The molecule has 0 spiro atoms. The number of nitrogens with zero attached hydrogens (tertiary/aromatic N) is 1. The third-order valence-corrected chi connectivity index (χ3v) is 2.82. The lowest BCUT2D eigenvalue weighted by Crippen LogP contribution is -2.22. The van der Waals surface area contributed by atoms with Crippen LogP contribution >= 0.6 is 0 Å². The lowest BCUT2D eigenvalue weighted by Gasteiger charge is -2.20. The van der Waals surface area contributed by atoms with Crippen LogP contribution in [0.2, 0.25) is 0 Å². The van der Waals surface area contributed by atoms with E-state index in [2.05, 4.69) is 0 Å². The van der Waals surface area contributed by atoms with Gasteiger partial charge in [0.05, 0.1) is 17.5 Å². The molecule has 1 aliphatic rings. The number of nitrogens with two attached hydrogens (primary N) is 2. The molecule has 0 radical (unpaired) electrons. The van der Waals surface area contributed by atoms with E-state index in [9.17, 15) is 9.90 Å². The molecule has 1 aromatic rings. The van der Waals surface area contributed by atoms with Crippen LogP contribution in [0.25, 0.3) is 0 Å². The molecule has 0 bridgehead atoms. The number of benzene rings is 1. The molecule has 1 unspecified atom stereocenters. The summed E-state index contributed by atoms with van der Waals surface area (Å²) in [5.41, 5.74) is 12.8. The van der Waals surface area contributed by atoms with Gasteiger partial charge in [-0.2, -0.15) is 0 Å². The molecule has 0 saturated carbocycles. The summed E-state index contributed by atoms with van der Waals surface area (Å²) in [4.78, 5) is 13.0. The molecular weight excluding hydrogens is 206 g/mol. The highest BCUT2D eigenvalue weighted by Gasteiger charge is 2.22. The van der Waals surface area contributed by atoms with Crippen LogP contribution in [0.3, 0.4) is 0 Å². The Hall–Kier alpha value is -1.75. The molecule has 5 nitrogen and oxygen atoms in total. The molecule has 1 aliphatic heterocycles. The third kappa shape index (κ3) is 1.94. The number of rotatable bonds is 2. The summed E-state index contributed by atoms with van der Waals surface area (Å²) >= 11 is 0. The quantitative estimate of drug-likeness (QED) is 0.610. The molecule has 1 atom stereocenters. The van der Waals surface area contributed by atoms with Crippen molar-refractivity contribution >= 4 is 17.3 Å². The fourth-order valence-corrected chi connectivity index (χ4v) is 1.96. The summed E-state index contributed by atoms with van der Waals surface area (Å²) in [6, 6.07) is 4.99. The van der Waals surface area contributed by atoms with Gasteiger partial charge >= 0.3 is 0 Å². The summed E-state index contributed by atoms with van der Waals surface area (Å²) in [6.07, 6.45) is 0.451. The SMILES string of the molecule is NC(=O)c1ccc(N2CCC(O)C2)c(N)c1. The normalized spacial score (nSPS) is 20.1. The molecule has 0 aromatic heterocycles. The zero-order valence-corrected chi connectivity index (χ0v) is 8.89. The first-order chi connectivity index (χ1) is 7.58. The predicted octanol–water partition coefficient (Wildman–Crippen LogP) is -0.0613. The van der Waals surface area contributed by atoms with E-state index in [0.717, 1.165) is 18.7 Å². The number of hydrogen-bond donors (Lipinski definition) is 3. The molecule has 1 saturated heterocycles. The molecule has 86 valence electrons. The highest BCUT2D eigenvalue weighted by Crippen LogP contribution is 2.27. The highest BCUT2D eigenvalue weighted by molar-refractivity contribution is 5.94. The fourth-order valence-electron chi connectivity index (χ4n) is 1.96. The molecule has 16 heavy (non-hydrogen) atoms. The van der Waals surface area contributed by atoms with Gasteiger partial charge in [-0.05, 0) is 24.6 Å². The first-order valence-electron chi connectivity index (χ1n) is 5.20. The van der Waals surface area contributed by atoms with Crippen LogP contribution < -0.4 is 16.4 Å². The lowest BCUT2D eigenvalue weighted by molar-refractivity contribution is 0.100. The number of aliphatic hydroxyl groups excluding tert-OH is 1. The molecular formula is C11H15N3O2. The number of β-amino-alcohol motifs (C(OH)–C–C–N with tert-alkyl or cyclic N) is 1. The zero-order chi connectivity index (χ0) is 11.7. The van der Waals surface area contributed by atoms with Crippen molar-refractivity contribution in [3.8, 4) is 0 Å². The number of amides is 1. The van der Waals surface area contributed by atoms with Crippen molar-refractivity contribution in [1.29, 1.82) is 0 Å². The third-order valence-electron chi connectivity index (χ3n) is 2.82. The molecule has 5 heteroatoms. The van der Waals surface area contributed by atoms with E-state index in [1.54, 1.807) is 18.2 Å². The summed E-state index contributed by atoms with van der Waals surface area (Å²) in [7, 11) is 0. The van der Waals surface area contributed by atoms with Gasteiger partial charge in [0.15, 0.2) is 0 Å². The summed E-state index contributed by atoms with van der Waals surface area (Å²) in [6.45, 7) is 1.36. The summed E-state index contributed by atoms with van der Waals surface area (Å²) in [5.74, 6) is -0.486. The van der Waals surface area contributed by atoms with Crippen molar-refractivity contribution in [2.45, 2.75) is 12.5 Å². The van der Waals surface area contributed by atoms with Crippen LogP contribution in [0.1, 0.15) is 16.8 Å². The largest absolute Gasteiger partial charge is 0.397 e. The first kappa shape index (κ1) is 10.8. The highest BCUT2D eigenvalue weighted by atomic mass is 16.3. The Labute approximate surface area is 93.6 Å². The Morgan fingerprint density at radius 3 is 2.75 bits per heavy atom. The van der Waals surface area contributed by atoms with Crippen molar-refractivity contribution in [3.63, 3.8) is 0 Å². The van der Waals surface area contributed by atoms with Gasteiger partial charge in [-0.15, -0.1) is 0 Å². The van der Waals surface area contributed by atoms with E-state index in [1.807, 2.05) is 4.90 Å². The number of carbonyl (C=O) groups is 1. The monoisotopic (exact) mass is 221 g/mol. The molecule has 0 aliphatic carbocycles. The van der Waals surface area contributed by atoms with Gasteiger partial charge in [-0.1, -0.05) is 0 Å². The molecule has 1 fully saturated rings. The Bertz CT molecular complexity index is 420. The molecule has 2 rings (SSSR count). The van der Waals surface area contributed by atoms with Crippen LogP contribution in [0, 0.1) is 0 Å². The Morgan fingerprint density at radius 2 is 2.25 bits per heavy atom. The molecule has 1 heterocycles. The van der Waals surface area contributed by atoms with Crippen LogP contribution in [0.15, 0.2) is 18.2 Å². The predicted molar refractivity (Wildman–Crippen MR) is 62.2 cm³/mol. The maximum Gasteiger partial charge on any atom is 0.248 e. The van der Waals surface area contributed by atoms with Crippen molar-refractivity contribution in [1.82, 2.24) is 0 Å². The molecule has 1 aromatic carbocycles. The van der Waals surface area contributed by atoms with E-state index in [-0.39, 0.29) is 6.10 Å². The van der Waals surface area contributed by atoms with E-state index in [0.29, 0.717) is 17.8 Å². The van der Waals surface area contributed by atoms with Crippen LogP contribution in [-0.4, -0.2) is 30.2 Å². The second kappa shape index (κ2) is 4.02. The number of anilines is 2. The van der Waals surface area contributed by atoms with Crippen molar-refractivity contribution in [2.75, 3.05) is 23.7 Å². The van der Waals surface area contributed by atoms with Crippen molar-refractivity contribution < 1.29 is 9.90 Å². The van der Waals surface area contributed by atoms with E-state index in [4.69, 9.17) is 11.5 Å². The van der Waals surface area contributed by atoms with Gasteiger partial charge in [0.1, 0.15) is 0 Å². The number of hydrogen-bond acceptors (Lipinski definition) is 4. The van der Waals surface area contributed by atoms with Gasteiger partial charge in [-0.3, -0.25) is 4.79 Å². The molecule has 1 amide bonds. The van der Waals surface area contributed by atoms with Crippen LogP contribution in [0.4, 0.5) is 11.4 Å². The summed E-state index contributed by atoms with van der Waals surface area (Å²) in [5, 5.41) is 9.44. The standard InChI is InChI=1S/C11H15N3O2/c12-9-5-7(11(13)16)1-2-10(9)14-4-3-8(15)6-14/h1-2,5,8,15H,3-4,6,12H2,(H2,13,16). The van der Waals surface area contributed by atoms with Gasteiger partial charge in [-0.25, -0.2) is 0 Å². The lowest BCUT2D eigenvalue weighted by atomic mass is 10.1. The molecule has 5 N–H and O–H groups in total. The second-order valence-electron chi connectivity index (χ2n) is 4.03. The van der Waals surface area contributed by atoms with E-state index in [1.165, 1.54) is 0 Å². The first-order valence-corrected chi connectivity index (χ1v) is 5.20. The average Bonchev–Trinajstić information content (AvgIpc) is 2.64. The summed E-state index contributed by atoms with van der Waals surface area (Å²) < 4.78 is 0. The smallest absolute Gasteiger partial charge is 0.248 e. The van der Waals surface area contributed by atoms with Crippen LogP contribution in [0.5, 0.6) is 0 Å². The van der Waals surface area contributed by atoms with Crippen molar-refractivity contribution in [3.05, 3.63) is 23.8 Å². The zero-order valence-electron chi connectivity index (χ0n) is 8.89. The van der Waals surface area contributed by atoms with E-state index >= 15 is 0 Å². The maximum absolute atomic E-state index is 11.0. The number of primary amides is 1. The Morgan fingerprint density at radius 1 is 1.50 bits per heavy atom. The van der Waals surface area contributed by atoms with Gasteiger partial charge < -0.3 is 21.5 Å². The number of nitrogen functional groups attached to an aromatic ring is 1. The second-order valence-corrected chi connectivity index (χ2v) is 4.03. The minimum Gasteiger partial charge on any atom is -0.397 e. The number of carbonyl (C=O) groups excluding carboxylic acids is 1. The number of aliphatic hydroxyl groups is 1. The maximum atomic E-state index is 11.0. The Balaban J connectivity index is 2.26. The topological polar surface area (TPSA) is 92.6 Å². The Kier molecular flexibility index (Phi) is 2.70. The minimum atomic E-state index is -0.486. The van der Waals surface area contributed by atoms with Crippen LogP contribution in [-0.2, 0) is 0 Å². The average molecular weight is 221 g/mol.